The minimum Gasteiger partial charge on any atom is -0.490 e. The molecule has 21 heavy (non-hydrogen) atoms. The zero-order valence-electron chi connectivity index (χ0n) is 11.8. The summed E-state index contributed by atoms with van der Waals surface area (Å²) >= 11 is 0. The summed E-state index contributed by atoms with van der Waals surface area (Å²) in [6.45, 7) is 1.87. The third kappa shape index (κ3) is 3.94. The first-order chi connectivity index (χ1) is 10.4. The van der Waals surface area contributed by atoms with Crippen molar-refractivity contribution in [2.45, 2.75) is 6.29 Å². The molecule has 0 spiro atoms. The van der Waals surface area contributed by atoms with Gasteiger partial charge in [0.15, 0.2) is 6.29 Å². The van der Waals surface area contributed by atoms with Gasteiger partial charge < -0.3 is 14.2 Å². The van der Waals surface area contributed by atoms with Crippen LogP contribution in [0.3, 0.4) is 0 Å². The van der Waals surface area contributed by atoms with Crippen LogP contribution in [0.2, 0.25) is 0 Å². The number of benzene rings is 2. The largest absolute Gasteiger partial charge is 0.490 e. The summed E-state index contributed by atoms with van der Waals surface area (Å²) in [7, 11) is 0. The van der Waals surface area contributed by atoms with Crippen LogP contribution in [0, 0.1) is 0 Å². The van der Waals surface area contributed by atoms with Crippen LogP contribution in [0.1, 0.15) is 17.4 Å². The highest BCUT2D eigenvalue weighted by molar-refractivity contribution is 5.48. The molecule has 0 aliphatic carbocycles. The molecule has 1 aliphatic rings. The fraction of sp³-hybridized carbons (Fsp3) is 0.222. The van der Waals surface area contributed by atoms with E-state index in [1.165, 1.54) is 5.56 Å². The first kappa shape index (κ1) is 13.9. The third-order valence-electron chi connectivity index (χ3n) is 3.23. The van der Waals surface area contributed by atoms with E-state index in [2.05, 4.69) is 18.2 Å². The maximum absolute atomic E-state index is 5.68. The number of hydrogen-bond acceptors (Lipinski definition) is 3. The summed E-state index contributed by atoms with van der Waals surface area (Å²) in [4.78, 5) is 0. The number of rotatable bonds is 5. The molecule has 3 nitrogen and oxygen atoms in total. The van der Waals surface area contributed by atoms with E-state index in [1.54, 1.807) is 0 Å². The molecule has 2 aromatic carbocycles. The molecule has 0 radical (unpaired) electrons. The maximum atomic E-state index is 5.68. The van der Waals surface area contributed by atoms with Gasteiger partial charge in [-0.25, -0.2) is 0 Å². The smallest absolute Gasteiger partial charge is 0.184 e. The van der Waals surface area contributed by atoms with Crippen molar-refractivity contribution < 1.29 is 14.2 Å². The molecule has 2 aromatic rings. The molecule has 0 unspecified atom stereocenters. The lowest BCUT2D eigenvalue weighted by atomic mass is 10.2. The van der Waals surface area contributed by atoms with E-state index >= 15 is 0 Å². The minimum absolute atomic E-state index is 0.225. The fourth-order valence-electron chi connectivity index (χ4n) is 2.16. The van der Waals surface area contributed by atoms with Crippen LogP contribution in [-0.4, -0.2) is 19.8 Å². The van der Waals surface area contributed by atoms with E-state index in [1.807, 2.05) is 48.5 Å². The minimum atomic E-state index is -0.225. The molecule has 3 rings (SSSR count). The van der Waals surface area contributed by atoms with Crippen molar-refractivity contribution in [3.63, 3.8) is 0 Å². The Balaban J connectivity index is 1.50. The van der Waals surface area contributed by atoms with Crippen molar-refractivity contribution in [1.82, 2.24) is 0 Å². The molecule has 0 aromatic heterocycles. The first-order valence-electron chi connectivity index (χ1n) is 7.09. The van der Waals surface area contributed by atoms with Crippen molar-refractivity contribution in [1.29, 1.82) is 0 Å². The summed E-state index contributed by atoms with van der Waals surface area (Å²) in [6.07, 6.45) is 3.83. The van der Waals surface area contributed by atoms with Crippen LogP contribution in [0.25, 0.3) is 6.08 Å². The molecular formula is C18H18O3. The highest BCUT2D eigenvalue weighted by atomic mass is 16.7. The van der Waals surface area contributed by atoms with Crippen LogP contribution >= 0.6 is 0 Å². The summed E-state index contributed by atoms with van der Waals surface area (Å²) in [6, 6.07) is 18.0. The van der Waals surface area contributed by atoms with Crippen molar-refractivity contribution >= 4 is 6.08 Å². The number of ether oxygens (including phenoxy) is 3. The lowest BCUT2D eigenvalue weighted by Gasteiger charge is -2.10. The normalized spacial score (nSPS) is 15.6. The van der Waals surface area contributed by atoms with E-state index < -0.39 is 0 Å². The van der Waals surface area contributed by atoms with Gasteiger partial charge in [-0.15, -0.1) is 0 Å². The molecule has 108 valence electrons. The lowest BCUT2D eigenvalue weighted by molar-refractivity contribution is -0.0441. The van der Waals surface area contributed by atoms with Crippen molar-refractivity contribution in [3.8, 4) is 5.75 Å². The van der Waals surface area contributed by atoms with Gasteiger partial charge in [-0.3, -0.25) is 0 Å². The molecule has 1 heterocycles. The number of hydrogen-bond donors (Lipinski definition) is 0. The monoisotopic (exact) mass is 282 g/mol. The Morgan fingerprint density at radius 1 is 0.952 bits per heavy atom. The highest BCUT2D eigenvalue weighted by Crippen LogP contribution is 2.24. The molecule has 1 fully saturated rings. The van der Waals surface area contributed by atoms with Gasteiger partial charge in [0.2, 0.25) is 0 Å². The highest BCUT2D eigenvalue weighted by Gasteiger charge is 2.17. The second-order valence-corrected chi connectivity index (χ2v) is 4.77. The topological polar surface area (TPSA) is 27.7 Å². The van der Waals surface area contributed by atoms with E-state index in [0.29, 0.717) is 19.8 Å². The fourth-order valence-corrected chi connectivity index (χ4v) is 2.16. The molecule has 0 bridgehead atoms. The molecule has 1 aliphatic heterocycles. The summed E-state index contributed by atoms with van der Waals surface area (Å²) < 4.78 is 16.6. The Labute approximate surface area is 124 Å². The van der Waals surface area contributed by atoms with Crippen LogP contribution in [0.4, 0.5) is 0 Å². The standard InChI is InChI=1S/C18H18O3/c1-2-5-15(6-3-1)7-4-12-19-17-10-8-16(9-11-17)18-20-13-14-21-18/h1-11,18H,12-14H2/b7-4+. The van der Waals surface area contributed by atoms with Crippen LogP contribution in [-0.2, 0) is 9.47 Å². The summed E-state index contributed by atoms with van der Waals surface area (Å²) in [5.41, 5.74) is 2.20. The van der Waals surface area contributed by atoms with Crippen LogP contribution in [0.5, 0.6) is 5.75 Å². The van der Waals surface area contributed by atoms with Gasteiger partial charge in [-0.2, -0.15) is 0 Å². The second-order valence-electron chi connectivity index (χ2n) is 4.77. The Bertz CT molecular complexity index is 569. The van der Waals surface area contributed by atoms with Crippen molar-refractivity contribution in [2.75, 3.05) is 19.8 Å². The van der Waals surface area contributed by atoms with Gasteiger partial charge >= 0.3 is 0 Å². The Hall–Kier alpha value is -2.10. The molecule has 0 amide bonds. The average molecular weight is 282 g/mol. The Morgan fingerprint density at radius 3 is 2.38 bits per heavy atom. The van der Waals surface area contributed by atoms with Crippen molar-refractivity contribution in [3.05, 3.63) is 71.8 Å². The van der Waals surface area contributed by atoms with Gasteiger partial charge in [0, 0.05) is 5.56 Å². The quantitative estimate of drug-likeness (QED) is 0.834. The van der Waals surface area contributed by atoms with Crippen LogP contribution in [0.15, 0.2) is 60.7 Å². The van der Waals surface area contributed by atoms with Gasteiger partial charge in [0.1, 0.15) is 12.4 Å². The summed E-state index contributed by atoms with van der Waals surface area (Å²) in [5.74, 6) is 0.842. The van der Waals surface area contributed by atoms with E-state index in [4.69, 9.17) is 14.2 Å². The first-order valence-corrected chi connectivity index (χ1v) is 7.09. The lowest BCUT2D eigenvalue weighted by Crippen LogP contribution is -1.98. The maximum Gasteiger partial charge on any atom is 0.184 e. The average Bonchev–Trinajstić information content (AvgIpc) is 3.08. The molecular weight excluding hydrogens is 264 g/mol. The molecule has 0 N–H and O–H groups in total. The van der Waals surface area contributed by atoms with Crippen molar-refractivity contribution in [2.24, 2.45) is 0 Å². The zero-order valence-corrected chi connectivity index (χ0v) is 11.8. The van der Waals surface area contributed by atoms with Crippen LogP contribution < -0.4 is 4.74 Å². The van der Waals surface area contributed by atoms with E-state index in [0.717, 1.165) is 11.3 Å². The van der Waals surface area contributed by atoms with Gasteiger partial charge in [-0.1, -0.05) is 48.5 Å². The van der Waals surface area contributed by atoms with Gasteiger partial charge in [0.05, 0.1) is 13.2 Å². The second kappa shape index (κ2) is 7.07. The Morgan fingerprint density at radius 2 is 1.67 bits per heavy atom. The summed E-state index contributed by atoms with van der Waals surface area (Å²) in [5, 5.41) is 0. The van der Waals surface area contributed by atoms with Gasteiger partial charge in [0.25, 0.3) is 0 Å². The predicted molar refractivity (Wildman–Crippen MR) is 82.1 cm³/mol. The Kier molecular flexibility index (Phi) is 4.66. The molecule has 0 atom stereocenters. The predicted octanol–water partition coefficient (Wildman–Crippen LogP) is 3.82. The van der Waals surface area contributed by atoms with E-state index in [-0.39, 0.29) is 6.29 Å². The van der Waals surface area contributed by atoms with E-state index in [9.17, 15) is 0 Å². The molecule has 0 saturated carbocycles. The molecule has 1 saturated heterocycles. The third-order valence-corrected chi connectivity index (χ3v) is 3.23. The molecule has 3 heteroatoms. The van der Waals surface area contributed by atoms with Gasteiger partial charge in [-0.05, 0) is 23.8 Å². The SMILES string of the molecule is C(=C\c1ccccc1)/COc1ccc(C2OCCO2)cc1. The zero-order chi connectivity index (χ0) is 14.3.